The van der Waals surface area contributed by atoms with Crippen molar-refractivity contribution < 1.29 is 31.9 Å². The summed E-state index contributed by atoms with van der Waals surface area (Å²) in [7, 11) is 0. The number of aromatic nitrogens is 2. The van der Waals surface area contributed by atoms with Gasteiger partial charge in [0.05, 0.1) is 11.6 Å². The number of nitrogens with zero attached hydrogens (tertiary/aromatic N) is 3. The van der Waals surface area contributed by atoms with Crippen LogP contribution in [-0.4, -0.2) is 57.2 Å². The lowest BCUT2D eigenvalue weighted by atomic mass is 9.66. The van der Waals surface area contributed by atoms with Crippen molar-refractivity contribution >= 4 is 23.4 Å². The van der Waals surface area contributed by atoms with Crippen molar-refractivity contribution in [3.8, 4) is 0 Å². The minimum Gasteiger partial charge on any atom is -0.339 e. The van der Waals surface area contributed by atoms with Gasteiger partial charge in [-0.1, -0.05) is 70.3 Å². The second-order valence-electron chi connectivity index (χ2n) is 13.9. The number of rotatable bonds is 10. The zero-order valence-corrected chi connectivity index (χ0v) is 27.5. The predicted octanol–water partition coefficient (Wildman–Crippen LogP) is 7.38. The monoisotopic (exact) mass is 661 g/mol. The number of nitrogens with one attached hydrogen (secondary N) is 2. The molecule has 0 radical (unpaired) electrons. The van der Waals surface area contributed by atoms with Crippen molar-refractivity contribution in [2.45, 2.75) is 122 Å². The topological polar surface area (TPSA) is 96.3 Å². The predicted molar refractivity (Wildman–Crippen MR) is 170 cm³/mol. The Morgan fingerprint density at radius 1 is 0.894 bits per heavy atom. The van der Waals surface area contributed by atoms with E-state index >= 15 is 4.39 Å². The van der Waals surface area contributed by atoms with E-state index in [9.17, 15) is 27.6 Å². The summed E-state index contributed by atoms with van der Waals surface area (Å²) in [6.45, 7) is 5.28. The van der Waals surface area contributed by atoms with Gasteiger partial charge >= 0.3 is 6.18 Å². The average molecular weight is 662 g/mol. The maximum atomic E-state index is 15.6. The highest BCUT2D eigenvalue weighted by Gasteiger charge is 2.51. The van der Waals surface area contributed by atoms with E-state index in [-0.39, 0.29) is 48.0 Å². The van der Waals surface area contributed by atoms with Gasteiger partial charge in [-0.05, 0) is 68.7 Å². The second-order valence-corrected chi connectivity index (χ2v) is 13.9. The molecule has 2 saturated carbocycles. The first-order valence-corrected chi connectivity index (χ1v) is 17.2. The molecule has 0 unspecified atom stereocenters. The third-order valence-electron chi connectivity index (χ3n) is 10.5. The fraction of sp³-hybridized carbons (Fsp3) is 0.657. The first kappa shape index (κ1) is 34.9. The Balaban J connectivity index is 1.40. The molecule has 3 aliphatic rings. The minimum atomic E-state index is -4.51. The molecule has 1 saturated heterocycles. The molecule has 3 fully saturated rings. The lowest BCUT2D eigenvalue weighted by Crippen LogP contribution is -2.59. The lowest BCUT2D eigenvalue weighted by Gasteiger charge is -2.43. The van der Waals surface area contributed by atoms with Crippen molar-refractivity contribution in [3.63, 3.8) is 0 Å². The molecule has 2 heterocycles. The summed E-state index contributed by atoms with van der Waals surface area (Å²) in [5.41, 5.74) is 0.438. The molecule has 1 aromatic carbocycles. The maximum Gasteiger partial charge on any atom is 0.408 e. The highest BCUT2D eigenvalue weighted by molar-refractivity contribution is 6.01. The number of carbonyl (C=O) groups excluding carboxylic acids is 3. The SMILES string of the molecule is CC(C)n1nccc1C(=O)N[C@H](C(=O)Nc1ccc([C@H](C)C(=O)N2CC[C@H]2C(F)(F)F)cc1F)C(C1CCCCC1)C1CCCCC1. The molecule has 47 heavy (non-hydrogen) atoms. The van der Waals surface area contributed by atoms with E-state index in [1.807, 2.05) is 13.8 Å². The average Bonchev–Trinajstić information content (AvgIpc) is 3.52. The van der Waals surface area contributed by atoms with Crippen LogP contribution in [0.5, 0.6) is 0 Å². The Hall–Kier alpha value is -3.44. The number of hydrogen-bond donors (Lipinski definition) is 2. The molecule has 3 amide bonds. The number of hydrogen-bond acceptors (Lipinski definition) is 4. The summed E-state index contributed by atoms with van der Waals surface area (Å²) in [5, 5.41) is 10.1. The Morgan fingerprint density at radius 3 is 2.02 bits per heavy atom. The van der Waals surface area contributed by atoms with Crippen molar-refractivity contribution in [1.82, 2.24) is 20.0 Å². The summed E-state index contributed by atoms with van der Waals surface area (Å²) in [6.07, 6.45) is 7.26. The zero-order chi connectivity index (χ0) is 33.9. The molecular weight excluding hydrogens is 614 g/mol. The molecule has 258 valence electrons. The van der Waals surface area contributed by atoms with Crippen LogP contribution in [-0.2, 0) is 9.59 Å². The Labute approximate surface area is 274 Å². The summed E-state index contributed by atoms with van der Waals surface area (Å²) in [6, 6.07) is 2.69. The van der Waals surface area contributed by atoms with E-state index in [1.54, 1.807) is 16.9 Å². The summed E-state index contributed by atoms with van der Waals surface area (Å²) in [4.78, 5) is 41.6. The molecular formula is C35H47F4N5O3. The normalized spacial score (nSPS) is 21.0. The van der Waals surface area contributed by atoms with E-state index in [0.717, 1.165) is 75.2 Å². The van der Waals surface area contributed by atoms with E-state index in [4.69, 9.17) is 0 Å². The zero-order valence-electron chi connectivity index (χ0n) is 27.5. The van der Waals surface area contributed by atoms with Crippen molar-refractivity contribution in [2.75, 3.05) is 11.9 Å². The van der Waals surface area contributed by atoms with Crippen molar-refractivity contribution in [1.29, 1.82) is 0 Å². The highest BCUT2D eigenvalue weighted by atomic mass is 19.4. The van der Waals surface area contributed by atoms with Crippen LogP contribution in [0.4, 0.5) is 23.2 Å². The van der Waals surface area contributed by atoms with Gasteiger partial charge in [-0.3, -0.25) is 19.1 Å². The van der Waals surface area contributed by atoms with Crippen molar-refractivity contribution in [2.24, 2.45) is 17.8 Å². The quantitative estimate of drug-likeness (QED) is 0.260. The van der Waals surface area contributed by atoms with Crippen LogP contribution in [0.2, 0.25) is 0 Å². The molecule has 1 aliphatic heterocycles. The number of likely N-dealkylation sites (tertiary alicyclic amines) is 1. The summed E-state index contributed by atoms with van der Waals surface area (Å²) < 4.78 is 57.0. The molecule has 5 rings (SSSR count). The minimum absolute atomic E-state index is 0.00179. The summed E-state index contributed by atoms with van der Waals surface area (Å²) >= 11 is 0. The van der Waals surface area contributed by atoms with E-state index in [1.165, 1.54) is 19.1 Å². The van der Waals surface area contributed by atoms with Gasteiger partial charge in [0, 0.05) is 18.8 Å². The van der Waals surface area contributed by atoms with Crippen LogP contribution < -0.4 is 10.6 Å². The molecule has 2 aromatic rings. The number of carbonyl (C=O) groups is 3. The lowest BCUT2D eigenvalue weighted by molar-refractivity contribution is -0.212. The standard InChI is InChI=1S/C35H47F4N5O3/c1-21(2)44-28(16-18-40-44)32(45)42-31(30(23-10-6-4-7-11-23)24-12-8-5-9-13-24)33(46)41-27-15-14-25(20-26(27)36)22(3)34(47)43-19-17-29(43)35(37,38)39/h14-16,18,20-24,29-31H,4-13,17,19H2,1-3H3,(H,41,46)(H,42,45)/t22-,29-,31-/m0/s1. The fourth-order valence-electron chi connectivity index (χ4n) is 7.92. The number of benzene rings is 1. The Morgan fingerprint density at radius 2 is 1.51 bits per heavy atom. The van der Waals surface area contributed by atoms with Gasteiger partial charge in [-0.15, -0.1) is 0 Å². The van der Waals surface area contributed by atoms with Gasteiger partial charge in [-0.25, -0.2) is 4.39 Å². The van der Waals surface area contributed by atoms with Crippen LogP contribution >= 0.6 is 0 Å². The number of anilines is 1. The largest absolute Gasteiger partial charge is 0.408 e. The van der Waals surface area contributed by atoms with E-state index in [0.29, 0.717) is 5.69 Å². The van der Waals surface area contributed by atoms with Crippen LogP contribution in [0.25, 0.3) is 0 Å². The maximum absolute atomic E-state index is 15.6. The van der Waals surface area contributed by atoms with Gasteiger partial charge in [0.1, 0.15) is 23.6 Å². The van der Waals surface area contributed by atoms with Crippen LogP contribution in [0.3, 0.4) is 0 Å². The molecule has 0 bridgehead atoms. The molecule has 0 spiro atoms. The smallest absolute Gasteiger partial charge is 0.339 e. The third-order valence-corrected chi connectivity index (χ3v) is 10.5. The molecule has 2 aliphatic carbocycles. The molecule has 2 N–H and O–H groups in total. The first-order chi connectivity index (χ1) is 22.4. The molecule has 3 atom stereocenters. The molecule has 12 heteroatoms. The summed E-state index contributed by atoms with van der Waals surface area (Å²) in [5.74, 6) is -3.12. The molecule has 1 aromatic heterocycles. The number of amides is 3. The van der Waals surface area contributed by atoms with Crippen LogP contribution in [0.1, 0.15) is 119 Å². The highest BCUT2D eigenvalue weighted by Crippen LogP contribution is 2.42. The van der Waals surface area contributed by atoms with Crippen molar-refractivity contribution in [3.05, 3.63) is 47.5 Å². The van der Waals surface area contributed by atoms with Gasteiger partial charge in [0.25, 0.3) is 5.91 Å². The van der Waals surface area contributed by atoms with E-state index in [2.05, 4.69) is 15.7 Å². The number of alkyl halides is 3. The number of halogens is 4. The fourth-order valence-corrected chi connectivity index (χ4v) is 7.92. The van der Waals surface area contributed by atoms with E-state index < -0.39 is 47.7 Å². The Bertz CT molecular complexity index is 1400. The first-order valence-electron chi connectivity index (χ1n) is 17.2. The van der Waals surface area contributed by atoms with Crippen LogP contribution in [0, 0.1) is 23.6 Å². The third kappa shape index (κ3) is 7.83. The second kappa shape index (κ2) is 14.8. The van der Waals surface area contributed by atoms with Gasteiger partial charge in [-0.2, -0.15) is 18.3 Å². The van der Waals surface area contributed by atoms with Crippen LogP contribution in [0.15, 0.2) is 30.5 Å². The Kier molecular flexibility index (Phi) is 11.0. The van der Waals surface area contributed by atoms with Gasteiger partial charge in [0.15, 0.2) is 0 Å². The van der Waals surface area contributed by atoms with Gasteiger partial charge in [0.2, 0.25) is 11.8 Å². The van der Waals surface area contributed by atoms with Gasteiger partial charge < -0.3 is 15.5 Å². The molecule has 8 nitrogen and oxygen atoms in total.